The van der Waals surface area contributed by atoms with Crippen LogP contribution in [0.15, 0.2) is 42.7 Å². The van der Waals surface area contributed by atoms with Crippen LogP contribution in [0.5, 0.6) is 0 Å². The molecule has 1 aliphatic rings. The highest BCUT2D eigenvalue weighted by Crippen LogP contribution is 2.25. The Hall–Kier alpha value is -1.67. The van der Waals surface area contributed by atoms with E-state index >= 15 is 0 Å². The van der Waals surface area contributed by atoms with E-state index in [4.69, 9.17) is 0 Å². The monoisotopic (exact) mass is 224 g/mol. The number of rotatable bonds is 1. The van der Waals surface area contributed by atoms with Crippen molar-refractivity contribution in [3.05, 3.63) is 53.9 Å². The summed E-state index contributed by atoms with van der Waals surface area (Å²) in [4.78, 5) is 6.44. The first-order chi connectivity index (χ1) is 8.33. The van der Waals surface area contributed by atoms with Gasteiger partial charge in [0.25, 0.3) is 0 Å². The zero-order valence-corrected chi connectivity index (χ0v) is 10.1. The van der Waals surface area contributed by atoms with Gasteiger partial charge in [-0.3, -0.25) is 4.98 Å². The third-order valence-electron chi connectivity index (χ3n) is 3.42. The van der Waals surface area contributed by atoms with Crippen molar-refractivity contribution in [2.45, 2.75) is 13.0 Å². The first-order valence-electron chi connectivity index (χ1n) is 6.04. The molecule has 1 aliphatic heterocycles. The van der Waals surface area contributed by atoms with Crippen molar-refractivity contribution in [1.82, 2.24) is 9.88 Å². The number of likely N-dealkylation sites (N-methyl/N-ethyl adjacent to an activating group) is 1. The molecular weight excluding hydrogens is 208 g/mol. The first kappa shape index (κ1) is 10.5. The molecule has 2 nitrogen and oxygen atoms in total. The normalized spacial score (nSPS) is 15.6. The van der Waals surface area contributed by atoms with Crippen molar-refractivity contribution in [3.8, 4) is 11.1 Å². The van der Waals surface area contributed by atoms with Gasteiger partial charge in [0.05, 0.1) is 0 Å². The van der Waals surface area contributed by atoms with E-state index in [0.29, 0.717) is 0 Å². The minimum atomic E-state index is 1.06. The van der Waals surface area contributed by atoms with Crippen LogP contribution >= 0.6 is 0 Å². The van der Waals surface area contributed by atoms with Gasteiger partial charge in [0.2, 0.25) is 0 Å². The van der Waals surface area contributed by atoms with Gasteiger partial charge >= 0.3 is 0 Å². The summed E-state index contributed by atoms with van der Waals surface area (Å²) < 4.78 is 0. The first-order valence-corrected chi connectivity index (χ1v) is 6.04. The van der Waals surface area contributed by atoms with Crippen molar-refractivity contribution < 1.29 is 0 Å². The smallest absolute Gasteiger partial charge is 0.0273 e. The average Bonchev–Trinajstić information content (AvgIpc) is 2.39. The Kier molecular flexibility index (Phi) is 2.65. The molecule has 0 radical (unpaired) electrons. The third-order valence-corrected chi connectivity index (χ3v) is 3.42. The van der Waals surface area contributed by atoms with Gasteiger partial charge in [-0.1, -0.05) is 12.1 Å². The topological polar surface area (TPSA) is 16.1 Å². The van der Waals surface area contributed by atoms with Crippen molar-refractivity contribution in [1.29, 1.82) is 0 Å². The van der Waals surface area contributed by atoms with E-state index < -0.39 is 0 Å². The number of hydrogen-bond acceptors (Lipinski definition) is 2. The highest BCUT2D eigenvalue weighted by molar-refractivity contribution is 5.64. The predicted octanol–water partition coefficient (Wildman–Crippen LogP) is 2.74. The molecule has 0 spiro atoms. The molecule has 0 N–H and O–H groups in total. The second kappa shape index (κ2) is 4.30. The van der Waals surface area contributed by atoms with Crippen molar-refractivity contribution in [2.75, 3.05) is 13.6 Å². The van der Waals surface area contributed by atoms with E-state index in [9.17, 15) is 0 Å². The lowest BCUT2D eigenvalue weighted by atomic mass is 9.95. The molecule has 0 saturated heterocycles. The summed E-state index contributed by atoms with van der Waals surface area (Å²) in [7, 11) is 2.18. The van der Waals surface area contributed by atoms with Crippen molar-refractivity contribution in [3.63, 3.8) is 0 Å². The molecule has 0 aliphatic carbocycles. The Morgan fingerprint density at radius 1 is 1.00 bits per heavy atom. The van der Waals surface area contributed by atoms with Crippen LogP contribution in [0.1, 0.15) is 11.1 Å². The summed E-state index contributed by atoms with van der Waals surface area (Å²) in [6, 6.07) is 10.9. The van der Waals surface area contributed by atoms with Crippen LogP contribution < -0.4 is 0 Å². The Morgan fingerprint density at radius 2 is 1.82 bits per heavy atom. The largest absolute Gasteiger partial charge is 0.302 e. The molecule has 1 aromatic heterocycles. The van der Waals surface area contributed by atoms with Gasteiger partial charge in [-0.05, 0) is 53.9 Å². The molecular formula is C15H16N2. The zero-order chi connectivity index (χ0) is 11.7. The SMILES string of the molecule is CN1CCc2ccc(-c3ccncc3)cc2C1. The van der Waals surface area contributed by atoms with Crippen LogP contribution in [-0.4, -0.2) is 23.5 Å². The average molecular weight is 224 g/mol. The van der Waals surface area contributed by atoms with Crippen LogP contribution in [0.3, 0.4) is 0 Å². The van der Waals surface area contributed by atoms with Gasteiger partial charge in [0.15, 0.2) is 0 Å². The molecule has 2 heteroatoms. The van der Waals surface area contributed by atoms with Crippen LogP contribution in [0.25, 0.3) is 11.1 Å². The molecule has 0 fully saturated rings. The van der Waals surface area contributed by atoms with Gasteiger partial charge in [0, 0.05) is 25.5 Å². The maximum atomic E-state index is 4.06. The summed E-state index contributed by atoms with van der Waals surface area (Å²) in [6.45, 7) is 2.23. The van der Waals surface area contributed by atoms with Crippen LogP contribution in [0.2, 0.25) is 0 Å². The maximum absolute atomic E-state index is 4.06. The second-order valence-corrected chi connectivity index (χ2v) is 4.71. The number of benzene rings is 1. The molecule has 3 rings (SSSR count). The molecule has 2 heterocycles. The summed E-state index contributed by atoms with van der Waals surface area (Å²) >= 11 is 0. The highest BCUT2D eigenvalue weighted by Gasteiger charge is 2.13. The van der Waals surface area contributed by atoms with E-state index in [-0.39, 0.29) is 0 Å². The molecule has 0 saturated carbocycles. The number of aromatic nitrogens is 1. The third kappa shape index (κ3) is 2.08. The minimum absolute atomic E-state index is 1.06. The van der Waals surface area contributed by atoms with Gasteiger partial charge in [-0.25, -0.2) is 0 Å². The molecule has 17 heavy (non-hydrogen) atoms. The van der Waals surface area contributed by atoms with Crippen LogP contribution in [-0.2, 0) is 13.0 Å². The number of nitrogens with zero attached hydrogens (tertiary/aromatic N) is 2. The molecule has 0 atom stereocenters. The lowest BCUT2D eigenvalue weighted by Gasteiger charge is -2.25. The summed E-state index contributed by atoms with van der Waals surface area (Å²) in [6.07, 6.45) is 4.87. The Balaban J connectivity index is 2.01. The van der Waals surface area contributed by atoms with Gasteiger partial charge < -0.3 is 4.90 Å². The van der Waals surface area contributed by atoms with E-state index in [1.807, 2.05) is 12.4 Å². The molecule has 2 aromatic rings. The molecule has 0 amide bonds. The van der Waals surface area contributed by atoms with Gasteiger partial charge in [-0.15, -0.1) is 0 Å². The number of hydrogen-bond donors (Lipinski definition) is 0. The Morgan fingerprint density at radius 3 is 2.65 bits per heavy atom. The zero-order valence-electron chi connectivity index (χ0n) is 10.1. The lowest BCUT2D eigenvalue weighted by molar-refractivity contribution is 0.313. The number of fused-ring (bicyclic) bond motifs is 1. The highest BCUT2D eigenvalue weighted by atomic mass is 15.1. The standard InChI is InChI=1S/C15H16N2/c1-17-9-6-12-2-3-14(10-15(12)11-17)13-4-7-16-8-5-13/h2-5,7-8,10H,6,9,11H2,1H3. The quantitative estimate of drug-likeness (QED) is 0.740. The fraction of sp³-hybridized carbons (Fsp3) is 0.267. The predicted molar refractivity (Wildman–Crippen MR) is 69.7 cm³/mol. The number of pyridine rings is 1. The molecule has 0 unspecified atom stereocenters. The van der Waals surface area contributed by atoms with Crippen molar-refractivity contribution in [2.24, 2.45) is 0 Å². The fourth-order valence-corrected chi connectivity index (χ4v) is 2.42. The molecule has 86 valence electrons. The van der Waals surface area contributed by atoms with Crippen molar-refractivity contribution >= 4 is 0 Å². The second-order valence-electron chi connectivity index (χ2n) is 4.71. The van der Waals surface area contributed by atoms with Gasteiger partial charge in [-0.2, -0.15) is 0 Å². The molecule has 0 bridgehead atoms. The maximum Gasteiger partial charge on any atom is 0.0273 e. The van der Waals surface area contributed by atoms with E-state index in [0.717, 1.165) is 6.54 Å². The van der Waals surface area contributed by atoms with Gasteiger partial charge in [0.1, 0.15) is 0 Å². The lowest BCUT2D eigenvalue weighted by Crippen LogP contribution is -2.26. The molecule has 1 aromatic carbocycles. The fourth-order valence-electron chi connectivity index (χ4n) is 2.42. The summed E-state index contributed by atoms with van der Waals surface area (Å²) in [5.74, 6) is 0. The van der Waals surface area contributed by atoms with Crippen LogP contribution in [0, 0.1) is 0 Å². The van der Waals surface area contributed by atoms with E-state index in [1.54, 1.807) is 0 Å². The summed E-state index contributed by atoms with van der Waals surface area (Å²) in [5, 5.41) is 0. The Bertz CT molecular complexity index is 520. The summed E-state index contributed by atoms with van der Waals surface area (Å²) in [5.41, 5.74) is 5.51. The van der Waals surface area contributed by atoms with Crippen LogP contribution in [0.4, 0.5) is 0 Å². The Labute approximate surface area is 102 Å². The van der Waals surface area contributed by atoms with E-state index in [1.165, 1.54) is 35.2 Å². The minimum Gasteiger partial charge on any atom is -0.302 e. The van der Waals surface area contributed by atoms with E-state index in [2.05, 4.69) is 47.3 Å².